The fourth-order valence-corrected chi connectivity index (χ4v) is 4.57. The average Bonchev–Trinajstić information content (AvgIpc) is 3.18. The van der Waals surface area contributed by atoms with E-state index in [1.54, 1.807) is 11.3 Å². The zero-order valence-corrected chi connectivity index (χ0v) is 14.6. The smallest absolute Gasteiger partial charge is 0.263 e. The van der Waals surface area contributed by atoms with Gasteiger partial charge in [-0.1, -0.05) is 37.3 Å². The number of carbonyl (C=O) groups is 1. The van der Waals surface area contributed by atoms with Gasteiger partial charge in [-0.3, -0.25) is 4.79 Å². The third-order valence-electron chi connectivity index (χ3n) is 4.87. The molecule has 1 aromatic carbocycles. The second-order valence-corrected chi connectivity index (χ2v) is 7.53. The fraction of sp³-hybridized carbons (Fsp3) is 0.421. The molecule has 1 saturated heterocycles. The number of hydrogen-bond donors (Lipinski definition) is 1. The van der Waals surface area contributed by atoms with Gasteiger partial charge in [0.15, 0.2) is 0 Å². The van der Waals surface area contributed by atoms with Crippen molar-refractivity contribution in [2.75, 3.05) is 19.6 Å². The Hall–Kier alpha value is -1.65. The van der Waals surface area contributed by atoms with Gasteiger partial charge in [-0.15, -0.1) is 11.3 Å². The number of thiophene rings is 1. The van der Waals surface area contributed by atoms with E-state index in [1.165, 1.54) is 16.0 Å². The fourth-order valence-electron chi connectivity index (χ4n) is 3.49. The molecule has 1 fully saturated rings. The van der Waals surface area contributed by atoms with Gasteiger partial charge in [0.2, 0.25) is 0 Å². The minimum Gasteiger partial charge on any atom is -0.337 e. The highest BCUT2D eigenvalue weighted by Gasteiger charge is 2.36. The average molecular weight is 328 g/mol. The summed E-state index contributed by atoms with van der Waals surface area (Å²) in [7, 11) is 0. The molecule has 0 spiro atoms. The maximum atomic E-state index is 12.9. The predicted octanol–water partition coefficient (Wildman–Crippen LogP) is 3.43. The van der Waals surface area contributed by atoms with Crippen LogP contribution in [-0.2, 0) is 6.42 Å². The number of amides is 1. The molecule has 1 aliphatic rings. The lowest BCUT2D eigenvalue weighted by molar-refractivity contribution is 0.0791. The lowest BCUT2D eigenvalue weighted by Crippen LogP contribution is -2.29. The second-order valence-electron chi connectivity index (χ2n) is 6.27. The van der Waals surface area contributed by atoms with Crippen LogP contribution in [-0.4, -0.2) is 30.4 Å². The number of hydrogen-bond acceptors (Lipinski definition) is 3. The van der Waals surface area contributed by atoms with E-state index in [2.05, 4.69) is 44.2 Å². The van der Waals surface area contributed by atoms with Gasteiger partial charge in [-0.25, -0.2) is 0 Å². The quantitative estimate of drug-likeness (QED) is 0.934. The van der Waals surface area contributed by atoms with E-state index in [-0.39, 0.29) is 5.91 Å². The van der Waals surface area contributed by atoms with Gasteiger partial charge in [0.05, 0.1) is 4.88 Å². The van der Waals surface area contributed by atoms with Crippen molar-refractivity contribution in [3.05, 3.63) is 57.3 Å². The van der Waals surface area contributed by atoms with Crippen LogP contribution in [0.5, 0.6) is 0 Å². The molecule has 1 aliphatic heterocycles. The lowest BCUT2D eigenvalue weighted by Gasteiger charge is -2.16. The van der Waals surface area contributed by atoms with Crippen molar-refractivity contribution in [1.82, 2.24) is 4.90 Å². The number of likely N-dealkylation sites (tertiary alicyclic amines) is 1. The molecule has 23 heavy (non-hydrogen) atoms. The summed E-state index contributed by atoms with van der Waals surface area (Å²) >= 11 is 1.62. The first-order valence-electron chi connectivity index (χ1n) is 8.27. The molecular weight excluding hydrogens is 304 g/mol. The Kier molecular flexibility index (Phi) is 4.83. The molecule has 0 radical (unpaired) electrons. The third kappa shape index (κ3) is 3.19. The van der Waals surface area contributed by atoms with Crippen LogP contribution >= 0.6 is 11.3 Å². The summed E-state index contributed by atoms with van der Waals surface area (Å²) in [4.78, 5) is 17.0. The van der Waals surface area contributed by atoms with Crippen LogP contribution in [0.4, 0.5) is 0 Å². The normalized spacial score (nSPS) is 20.9. The summed E-state index contributed by atoms with van der Waals surface area (Å²) in [6, 6.07) is 12.5. The van der Waals surface area contributed by atoms with Crippen LogP contribution in [0.25, 0.3) is 0 Å². The van der Waals surface area contributed by atoms with E-state index in [1.807, 2.05) is 11.0 Å². The molecule has 2 aromatic rings. The van der Waals surface area contributed by atoms with Crippen LogP contribution < -0.4 is 5.73 Å². The van der Waals surface area contributed by atoms with Gasteiger partial charge >= 0.3 is 0 Å². The van der Waals surface area contributed by atoms with Crippen molar-refractivity contribution >= 4 is 17.2 Å². The highest BCUT2D eigenvalue weighted by Crippen LogP contribution is 2.34. The SMILES string of the molecule is CCc1cc(C(=O)N2C[C@@H](CN)[C@H](c3ccccc3)C2)sc1C. The first-order valence-corrected chi connectivity index (χ1v) is 9.09. The van der Waals surface area contributed by atoms with Crippen molar-refractivity contribution in [2.24, 2.45) is 11.7 Å². The number of carbonyl (C=O) groups excluding carboxylic acids is 1. The van der Waals surface area contributed by atoms with E-state index in [9.17, 15) is 4.79 Å². The number of nitrogens with zero attached hydrogens (tertiary/aromatic N) is 1. The predicted molar refractivity (Wildman–Crippen MR) is 96.1 cm³/mol. The molecule has 122 valence electrons. The molecule has 0 bridgehead atoms. The van der Waals surface area contributed by atoms with Gasteiger partial charge < -0.3 is 10.6 Å². The number of rotatable bonds is 4. The van der Waals surface area contributed by atoms with Crippen molar-refractivity contribution in [1.29, 1.82) is 0 Å². The first-order chi connectivity index (χ1) is 11.1. The molecule has 3 rings (SSSR count). The summed E-state index contributed by atoms with van der Waals surface area (Å²) in [5.74, 6) is 0.847. The van der Waals surface area contributed by atoms with Crippen LogP contribution in [0.3, 0.4) is 0 Å². The minimum absolute atomic E-state index is 0.162. The zero-order valence-electron chi connectivity index (χ0n) is 13.8. The summed E-state index contributed by atoms with van der Waals surface area (Å²) in [6.07, 6.45) is 0.980. The molecule has 1 amide bonds. The van der Waals surface area contributed by atoms with Gasteiger partial charge in [-0.2, -0.15) is 0 Å². The van der Waals surface area contributed by atoms with E-state index in [0.717, 1.165) is 24.4 Å². The first kappa shape index (κ1) is 16.2. The standard InChI is InChI=1S/C19H24N2OS/c1-3-14-9-18(23-13(14)2)19(22)21-11-16(10-20)17(12-21)15-7-5-4-6-8-15/h4-9,16-17H,3,10-12,20H2,1-2H3/t16-,17+/m1/s1. The number of nitrogens with two attached hydrogens (primary N) is 1. The maximum absolute atomic E-state index is 12.9. The summed E-state index contributed by atoms with van der Waals surface area (Å²) in [5, 5.41) is 0. The molecular formula is C19H24N2OS. The number of aryl methyl sites for hydroxylation is 2. The maximum Gasteiger partial charge on any atom is 0.263 e. The van der Waals surface area contributed by atoms with Crippen molar-refractivity contribution in [3.63, 3.8) is 0 Å². The van der Waals surface area contributed by atoms with Gasteiger partial charge in [0.25, 0.3) is 5.91 Å². The van der Waals surface area contributed by atoms with Crippen LogP contribution in [0.15, 0.2) is 36.4 Å². The van der Waals surface area contributed by atoms with Crippen molar-refractivity contribution < 1.29 is 4.79 Å². The Bertz CT molecular complexity index is 680. The molecule has 2 atom stereocenters. The summed E-state index contributed by atoms with van der Waals surface area (Å²) in [5.41, 5.74) is 8.55. The molecule has 2 N–H and O–H groups in total. The lowest BCUT2D eigenvalue weighted by atomic mass is 9.89. The molecule has 1 aromatic heterocycles. The molecule has 4 heteroatoms. The number of benzene rings is 1. The molecule has 2 heterocycles. The van der Waals surface area contributed by atoms with E-state index in [4.69, 9.17) is 5.73 Å². The largest absolute Gasteiger partial charge is 0.337 e. The van der Waals surface area contributed by atoms with Gasteiger partial charge in [0.1, 0.15) is 0 Å². The summed E-state index contributed by atoms with van der Waals surface area (Å²) in [6.45, 7) is 6.37. The highest BCUT2D eigenvalue weighted by atomic mass is 32.1. The molecule has 3 nitrogen and oxygen atoms in total. The van der Waals surface area contributed by atoms with Crippen molar-refractivity contribution in [2.45, 2.75) is 26.2 Å². The Morgan fingerprint density at radius 3 is 2.65 bits per heavy atom. The van der Waals surface area contributed by atoms with Gasteiger partial charge in [0, 0.05) is 23.9 Å². The third-order valence-corrected chi connectivity index (χ3v) is 5.95. The van der Waals surface area contributed by atoms with E-state index >= 15 is 0 Å². The van der Waals surface area contributed by atoms with Crippen LogP contribution in [0.2, 0.25) is 0 Å². The summed E-state index contributed by atoms with van der Waals surface area (Å²) < 4.78 is 0. The topological polar surface area (TPSA) is 46.3 Å². The monoisotopic (exact) mass is 328 g/mol. The Morgan fingerprint density at radius 1 is 1.30 bits per heavy atom. The van der Waals surface area contributed by atoms with E-state index in [0.29, 0.717) is 18.4 Å². The Morgan fingerprint density at radius 2 is 2.04 bits per heavy atom. The second kappa shape index (κ2) is 6.85. The van der Waals surface area contributed by atoms with Crippen LogP contribution in [0.1, 0.15) is 38.5 Å². The van der Waals surface area contributed by atoms with Crippen LogP contribution in [0, 0.1) is 12.8 Å². The van der Waals surface area contributed by atoms with E-state index < -0.39 is 0 Å². The van der Waals surface area contributed by atoms with Gasteiger partial charge in [-0.05, 0) is 43.0 Å². The molecule has 0 unspecified atom stereocenters. The highest BCUT2D eigenvalue weighted by molar-refractivity contribution is 7.14. The Balaban J connectivity index is 1.80. The Labute approximate surface area is 142 Å². The molecule has 0 saturated carbocycles. The minimum atomic E-state index is 0.162. The van der Waals surface area contributed by atoms with Crippen molar-refractivity contribution in [3.8, 4) is 0 Å². The molecule has 0 aliphatic carbocycles. The zero-order chi connectivity index (χ0) is 16.4.